The van der Waals surface area contributed by atoms with Gasteiger partial charge in [-0.05, 0) is 44.3 Å². The number of ether oxygens (including phenoxy) is 2. The maximum Gasteiger partial charge on any atom is 0.230 e. The summed E-state index contributed by atoms with van der Waals surface area (Å²) in [7, 11) is 2.09. The molecule has 5 rings (SSSR count). The van der Waals surface area contributed by atoms with Crippen LogP contribution in [0.4, 0.5) is 10.3 Å². The van der Waals surface area contributed by atoms with Gasteiger partial charge in [0.1, 0.15) is 5.82 Å². The SMILES string of the molecule is CN1CCN(c2nccc(-c3[nH]c(C4OCC(C)(C(=O)NCCC#N)CO4)nc3-c3ccc(F)cc3)n2)CC1. The second kappa shape index (κ2) is 11.4. The molecule has 2 aliphatic heterocycles. The average molecular weight is 535 g/mol. The van der Waals surface area contributed by atoms with Crippen LogP contribution in [0.25, 0.3) is 22.6 Å². The lowest BCUT2D eigenvalue weighted by molar-refractivity contribution is -0.231. The molecule has 12 heteroatoms. The number of carbonyl (C=O) groups excluding carboxylic acids is 1. The molecule has 2 aliphatic rings. The molecule has 0 radical (unpaired) electrons. The van der Waals surface area contributed by atoms with E-state index in [4.69, 9.17) is 24.7 Å². The third-order valence-electron chi connectivity index (χ3n) is 6.93. The quantitative estimate of drug-likeness (QED) is 0.439. The Labute approximate surface area is 226 Å². The van der Waals surface area contributed by atoms with Crippen molar-refractivity contribution in [3.05, 3.63) is 48.2 Å². The number of likely N-dealkylation sites (N-methyl/N-ethyl adjacent to an activating group) is 1. The molecule has 0 unspecified atom stereocenters. The number of aromatic amines is 1. The number of amides is 1. The van der Waals surface area contributed by atoms with E-state index < -0.39 is 11.7 Å². The normalized spacial score (nSPS) is 21.9. The first kappa shape index (κ1) is 26.7. The van der Waals surface area contributed by atoms with Gasteiger partial charge in [-0.15, -0.1) is 0 Å². The van der Waals surface area contributed by atoms with Gasteiger partial charge in [-0.2, -0.15) is 5.26 Å². The molecular formula is C27H31FN8O3. The molecule has 0 bridgehead atoms. The Kier molecular flexibility index (Phi) is 7.83. The van der Waals surface area contributed by atoms with E-state index in [0.717, 1.165) is 26.2 Å². The van der Waals surface area contributed by atoms with Crippen molar-refractivity contribution in [2.75, 3.05) is 57.9 Å². The zero-order chi connectivity index (χ0) is 27.4. The van der Waals surface area contributed by atoms with Gasteiger partial charge in [0, 0.05) is 44.5 Å². The van der Waals surface area contributed by atoms with E-state index >= 15 is 0 Å². The van der Waals surface area contributed by atoms with E-state index in [1.165, 1.54) is 12.1 Å². The second-order valence-corrected chi connectivity index (χ2v) is 10.1. The fourth-order valence-electron chi connectivity index (χ4n) is 4.49. The van der Waals surface area contributed by atoms with Crippen LogP contribution in [0.2, 0.25) is 0 Å². The zero-order valence-electron chi connectivity index (χ0n) is 22.0. The number of nitrogens with one attached hydrogen (secondary N) is 2. The number of carbonyl (C=O) groups is 1. The summed E-state index contributed by atoms with van der Waals surface area (Å²) >= 11 is 0. The van der Waals surface area contributed by atoms with Crippen LogP contribution < -0.4 is 10.2 Å². The molecule has 11 nitrogen and oxygen atoms in total. The van der Waals surface area contributed by atoms with E-state index in [0.29, 0.717) is 34.4 Å². The molecule has 0 aliphatic carbocycles. The Balaban J connectivity index is 1.41. The van der Waals surface area contributed by atoms with Gasteiger partial charge in [0.25, 0.3) is 0 Å². The van der Waals surface area contributed by atoms with Crippen LogP contribution in [-0.4, -0.2) is 83.7 Å². The van der Waals surface area contributed by atoms with Gasteiger partial charge in [0.05, 0.1) is 48.2 Å². The first-order chi connectivity index (χ1) is 18.9. The molecule has 2 saturated heterocycles. The highest BCUT2D eigenvalue weighted by Gasteiger charge is 2.40. The van der Waals surface area contributed by atoms with Crippen LogP contribution >= 0.6 is 0 Å². The van der Waals surface area contributed by atoms with Gasteiger partial charge < -0.3 is 29.6 Å². The van der Waals surface area contributed by atoms with E-state index in [1.807, 2.05) is 6.07 Å². The van der Waals surface area contributed by atoms with Crippen LogP contribution in [0.5, 0.6) is 0 Å². The molecule has 39 heavy (non-hydrogen) atoms. The molecule has 2 aromatic heterocycles. The highest BCUT2D eigenvalue weighted by Crippen LogP contribution is 2.35. The van der Waals surface area contributed by atoms with Crippen molar-refractivity contribution in [3.63, 3.8) is 0 Å². The Hall–Kier alpha value is -3.92. The van der Waals surface area contributed by atoms with E-state index in [9.17, 15) is 9.18 Å². The van der Waals surface area contributed by atoms with Crippen LogP contribution in [0, 0.1) is 22.6 Å². The van der Waals surface area contributed by atoms with Gasteiger partial charge in [0.15, 0.2) is 5.82 Å². The lowest BCUT2D eigenvalue weighted by Gasteiger charge is -2.35. The van der Waals surface area contributed by atoms with Crippen molar-refractivity contribution >= 4 is 11.9 Å². The van der Waals surface area contributed by atoms with Gasteiger partial charge in [-0.25, -0.2) is 19.3 Å². The fraction of sp³-hybridized carbons (Fsp3) is 0.444. The molecule has 1 aromatic carbocycles. The van der Waals surface area contributed by atoms with Crippen molar-refractivity contribution in [1.29, 1.82) is 5.26 Å². The average Bonchev–Trinajstić information content (AvgIpc) is 3.40. The number of anilines is 1. The number of imidazole rings is 1. The summed E-state index contributed by atoms with van der Waals surface area (Å²) in [6.45, 7) is 5.74. The minimum atomic E-state index is -0.898. The third-order valence-corrected chi connectivity index (χ3v) is 6.93. The smallest absolute Gasteiger partial charge is 0.230 e. The number of nitrogens with zero attached hydrogens (tertiary/aromatic N) is 6. The number of nitriles is 1. The summed E-state index contributed by atoms with van der Waals surface area (Å²) in [5.41, 5.74) is 1.64. The molecule has 2 fully saturated rings. The maximum absolute atomic E-state index is 13.7. The molecule has 2 N–H and O–H groups in total. The largest absolute Gasteiger partial charge is 0.354 e. The molecular weight excluding hydrogens is 503 g/mol. The molecule has 0 saturated carbocycles. The molecule has 4 heterocycles. The van der Waals surface area contributed by atoms with Crippen LogP contribution in [0.1, 0.15) is 25.5 Å². The summed E-state index contributed by atoms with van der Waals surface area (Å²) in [4.78, 5) is 34.4. The Morgan fingerprint density at radius 2 is 1.90 bits per heavy atom. The van der Waals surface area contributed by atoms with Crippen molar-refractivity contribution in [3.8, 4) is 28.7 Å². The number of H-pyrrole nitrogens is 1. The summed E-state index contributed by atoms with van der Waals surface area (Å²) in [5.74, 6) is 0.462. The topological polar surface area (TPSA) is 132 Å². The van der Waals surface area contributed by atoms with Crippen LogP contribution in [-0.2, 0) is 14.3 Å². The maximum atomic E-state index is 13.7. The molecule has 1 amide bonds. The molecule has 0 spiro atoms. The number of aromatic nitrogens is 4. The number of rotatable bonds is 7. The minimum Gasteiger partial charge on any atom is -0.354 e. The van der Waals surface area contributed by atoms with Crippen LogP contribution in [0.15, 0.2) is 36.5 Å². The van der Waals surface area contributed by atoms with Crippen molar-refractivity contribution in [2.45, 2.75) is 19.6 Å². The monoisotopic (exact) mass is 534 g/mol. The van der Waals surface area contributed by atoms with E-state index in [2.05, 4.69) is 32.1 Å². The minimum absolute atomic E-state index is 0.110. The predicted octanol–water partition coefficient (Wildman–Crippen LogP) is 2.51. The standard InChI is InChI=1S/C27H31FN8O3/c1-27(25(37)30-10-3-9-29)16-38-24(39-17-27)23-33-21(18-4-6-19(28)7-5-18)22(34-23)20-8-11-31-26(32-20)36-14-12-35(2)13-15-36/h4-8,11,24H,3,10,12-17H2,1-2H3,(H,30,37)(H,33,34). The number of hydrogen-bond donors (Lipinski definition) is 2. The zero-order valence-corrected chi connectivity index (χ0v) is 22.0. The Morgan fingerprint density at radius 1 is 1.18 bits per heavy atom. The van der Waals surface area contributed by atoms with Crippen molar-refractivity contribution in [2.24, 2.45) is 5.41 Å². The number of benzene rings is 1. The van der Waals surface area contributed by atoms with E-state index in [-0.39, 0.29) is 37.9 Å². The first-order valence-electron chi connectivity index (χ1n) is 12.9. The predicted molar refractivity (Wildman–Crippen MR) is 141 cm³/mol. The van der Waals surface area contributed by atoms with Gasteiger partial charge >= 0.3 is 0 Å². The Morgan fingerprint density at radius 3 is 2.59 bits per heavy atom. The summed E-state index contributed by atoms with van der Waals surface area (Å²) in [6.07, 6.45) is 1.11. The highest BCUT2D eigenvalue weighted by atomic mass is 19.1. The van der Waals surface area contributed by atoms with Gasteiger partial charge in [-0.3, -0.25) is 4.79 Å². The summed E-state index contributed by atoms with van der Waals surface area (Å²) in [6, 6.07) is 9.89. The third kappa shape index (κ3) is 5.90. The molecule has 204 valence electrons. The van der Waals surface area contributed by atoms with Gasteiger partial charge in [-0.1, -0.05) is 0 Å². The molecule has 3 aromatic rings. The fourth-order valence-corrected chi connectivity index (χ4v) is 4.49. The highest BCUT2D eigenvalue weighted by molar-refractivity contribution is 5.82. The van der Waals surface area contributed by atoms with Crippen LogP contribution in [0.3, 0.4) is 0 Å². The van der Waals surface area contributed by atoms with Gasteiger partial charge in [0.2, 0.25) is 18.1 Å². The van der Waals surface area contributed by atoms with E-state index in [1.54, 1.807) is 31.3 Å². The van der Waals surface area contributed by atoms with Crippen molar-refractivity contribution < 1.29 is 18.7 Å². The summed E-state index contributed by atoms with van der Waals surface area (Å²) < 4.78 is 25.6. The number of halogens is 1. The second-order valence-electron chi connectivity index (χ2n) is 10.1. The number of piperazine rings is 1. The molecule has 0 atom stereocenters. The lowest BCUT2D eigenvalue weighted by Crippen LogP contribution is -2.48. The number of hydrogen-bond acceptors (Lipinski definition) is 9. The summed E-state index contributed by atoms with van der Waals surface area (Å²) in [5, 5.41) is 11.5. The Bertz CT molecular complexity index is 1340. The lowest BCUT2D eigenvalue weighted by atomic mass is 9.91. The van der Waals surface area contributed by atoms with Crippen molar-refractivity contribution in [1.82, 2.24) is 30.2 Å². The first-order valence-corrected chi connectivity index (χ1v) is 12.9.